The smallest absolute Gasteiger partial charge is 0.150 e. The Balaban J connectivity index is 2.49. The lowest BCUT2D eigenvalue weighted by Gasteiger charge is -2.06. The van der Waals surface area contributed by atoms with E-state index in [4.69, 9.17) is 0 Å². The predicted octanol–water partition coefficient (Wildman–Crippen LogP) is 3.01. The van der Waals surface area contributed by atoms with E-state index in [9.17, 15) is 4.79 Å². The Morgan fingerprint density at radius 3 is 2.88 bits per heavy atom. The van der Waals surface area contributed by atoms with Crippen molar-refractivity contribution in [1.82, 2.24) is 9.97 Å². The van der Waals surface area contributed by atoms with Gasteiger partial charge in [0.2, 0.25) is 0 Å². The molecule has 2 rings (SSSR count). The molecule has 3 heteroatoms. The first-order valence-corrected chi connectivity index (χ1v) is 5.31. The van der Waals surface area contributed by atoms with Gasteiger partial charge in [0.25, 0.3) is 0 Å². The summed E-state index contributed by atoms with van der Waals surface area (Å²) in [6.45, 7) is 4.22. The number of aldehydes is 1. The van der Waals surface area contributed by atoms with Gasteiger partial charge in [-0.3, -0.25) is 4.79 Å². The molecule has 0 amide bonds. The molecule has 2 aromatic rings. The summed E-state index contributed by atoms with van der Waals surface area (Å²) in [6.07, 6.45) is 2.55. The molecule has 16 heavy (non-hydrogen) atoms. The molecule has 0 aliphatic carbocycles. The van der Waals surface area contributed by atoms with Crippen LogP contribution in [0.3, 0.4) is 0 Å². The molecule has 1 aromatic heterocycles. The van der Waals surface area contributed by atoms with Crippen LogP contribution in [0.25, 0.3) is 11.3 Å². The maximum atomic E-state index is 10.7. The zero-order valence-corrected chi connectivity index (χ0v) is 9.40. The molecule has 1 aromatic carbocycles. The van der Waals surface area contributed by atoms with Crippen LogP contribution in [0.1, 0.15) is 35.8 Å². The van der Waals surface area contributed by atoms with E-state index in [0.29, 0.717) is 11.5 Å². The topological polar surface area (TPSA) is 45.8 Å². The van der Waals surface area contributed by atoms with E-state index >= 15 is 0 Å². The van der Waals surface area contributed by atoms with Gasteiger partial charge >= 0.3 is 0 Å². The second-order valence-electron chi connectivity index (χ2n) is 4.06. The average molecular weight is 214 g/mol. The van der Waals surface area contributed by atoms with Crippen LogP contribution >= 0.6 is 0 Å². The molecule has 0 bridgehead atoms. The number of nitrogens with one attached hydrogen (secondary N) is 1. The quantitative estimate of drug-likeness (QED) is 0.798. The Morgan fingerprint density at radius 1 is 1.38 bits per heavy atom. The number of rotatable bonds is 3. The lowest BCUT2D eigenvalue weighted by Crippen LogP contribution is -1.92. The molecule has 1 heterocycles. The van der Waals surface area contributed by atoms with Crippen LogP contribution in [0.5, 0.6) is 0 Å². The monoisotopic (exact) mass is 214 g/mol. The van der Waals surface area contributed by atoms with Gasteiger partial charge in [0, 0.05) is 16.8 Å². The van der Waals surface area contributed by atoms with Gasteiger partial charge in [-0.1, -0.05) is 32.0 Å². The molecule has 0 unspecified atom stereocenters. The minimum atomic E-state index is 0.386. The number of hydrogen-bond acceptors (Lipinski definition) is 2. The molecule has 0 spiro atoms. The molecule has 0 fully saturated rings. The molecule has 82 valence electrons. The van der Waals surface area contributed by atoms with E-state index in [1.165, 1.54) is 0 Å². The van der Waals surface area contributed by atoms with E-state index < -0.39 is 0 Å². The van der Waals surface area contributed by atoms with Gasteiger partial charge in [-0.15, -0.1) is 0 Å². The van der Waals surface area contributed by atoms with Crippen molar-refractivity contribution >= 4 is 6.29 Å². The fraction of sp³-hybridized carbons (Fsp3) is 0.231. The van der Waals surface area contributed by atoms with E-state index in [-0.39, 0.29) is 0 Å². The summed E-state index contributed by atoms with van der Waals surface area (Å²) in [5.41, 5.74) is 3.69. The standard InChI is InChI=1S/C13H14N2O/c1-9(2)12-13(15-8-14-12)11-5-3-4-10(6-11)7-16/h3-9H,1-2H3,(H,14,15). The van der Waals surface area contributed by atoms with Gasteiger partial charge in [0.15, 0.2) is 0 Å². The largest absolute Gasteiger partial charge is 0.348 e. The Hall–Kier alpha value is -1.90. The van der Waals surface area contributed by atoms with Crippen molar-refractivity contribution in [3.63, 3.8) is 0 Å². The number of carbonyl (C=O) groups is 1. The predicted molar refractivity (Wildman–Crippen MR) is 63.5 cm³/mol. The van der Waals surface area contributed by atoms with Crippen LogP contribution in [0, 0.1) is 0 Å². The summed E-state index contributed by atoms with van der Waals surface area (Å²) in [4.78, 5) is 18.2. The Bertz CT molecular complexity index is 500. The highest BCUT2D eigenvalue weighted by Gasteiger charge is 2.11. The second-order valence-corrected chi connectivity index (χ2v) is 4.06. The highest BCUT2D eigenvalue weighted by atomic mass is 16.1. The molecule has 3 nitrogen and oxygen atoms in total. The van der Waals surface area contributed by atoms with Crippen molar-refractivity contribution in [3.8, 4) is 11.3 Å². The summed E-state index contributed by atoms with van der Waals surface area (Å²) >= 11 is 0. The van der Waals surface area contributed by atoms with E-state index in [0.717, 1.165) is 23.2 Å². The molecule has 0 radical (unpaired) electrons. The van der Waals surface area contributed by atoms with E-state index in [1.54, 1.807) is 12.4 Å². The van der Waals surface area contributed by atoms with Crippen molar-refractivity contribution in [2.75, 3.05) is 0 Å². The summed E-state index contributed by atoms with van der Waals surface area (Å²) in [6, 6.07) is 7.49. The minimum absolute atomic E-state index is 0.386. The van der Waals surface area contributed by atoms with Crippen molar-refractivity contribution in [3.05, 3.63) is 41.9 Å². The first-order valence-electron chi connectivity index (χ1n) is 5.31. The van der Waals surface area contributed by atoms with Crippen LogP contribution in [0.2, 0.25) is 0 Å². The Labute approximate surface area is 94.5 Å². The van der Waals surface area contributed by atoms with Crippen LogP contribution in [0.15, 0.2) is 30.6 Å². The summed E-state index contributed by atoms with van der Waals surface area (Å²) in [5.74, 6) is 0.386. The third-order valence-electron chi connectivity index (χ3n) is 2.54. The normalized spacial score (nSPS) is 10.7. The number of aromatic nitrogens is 2. The molecule has 0 aliphatic rings. The number of carbonyl (C=O) groups excluding carboxylic acids is 1. The summed E-state index contributed by atoms with van der Waals surface area (Å²) in [5, 5.41) is 0. The fourth-order valence-corrected chi connectivity index (χ4v) is 1.73. The maximum absolute atomic E-state index is 10.7. The first-order chi connectivity index (χ1) is 7.72. The maximum Gasteiger partial charge on any atom is 0.150 e. The van der Waals surface area contributed by atoms with Gasteiger partial charge in [-0.05, 0) is 12.0 Å². The van der Waals surface area contributed by atoms with Crippen LogP contribution in [0.4, 0.5) is 0 Å². The second kappa shape index (κ2) is 4.31. The van der Waals surface area contributed by atoms with Gasteiger partial charge in [0.05, 0.1) is 12.0 Å². The van der Waals surface area contributed by atoms with Gasteiger partial charge in [-0.2, -0.15) is 0 Å². The number of imidazole rings is 1. The SMILES string of the molecule is CC(C)c1[nH]cnc1-c1cccc(C=O)c1. The highest BCUT2D eigenvalue weighted by molar-refractivity contribution is 5.78. The zero-order valence-electron chi connectivity index (χ0n) is 9.40. The molecular weight excluding hydrogens is 200 g/mol. The fourth-order valence-electron chi connectivity index (χ4n) is 1.73. The summed E-state index contributed by atoms with van der Waals surface area (Å²) < 4.78 is 0. The summed E-state index contributed by atoms with van der Waals surface area (Å²) in [7, 11) is 0. The first kappa shape index (κ1) is 10.6. The Morgan fingerprint density at radius 2 is 2.19 bits per heavy atom. The number of hydrogen-bond donors (Lipinski definition) is 1. The van der Waals surface area contributed by atoms with E-state index in [2.05, 4.69) is 23.8 Å². The molecule has 0 aliphatic heterocycles. The number of benzene rings is 1. The minimum Gasteiger partial charge on any atom is -0.348 e. The number of H-pyrrole nitrogens is 1. The lowest BCUT2D eigenvalue weighted by molar-refractivity contribution is 0.112. The van der Waals surface area contributed by atoms with Crippen molar-refractivity contribution in [2.24, 2.45) is 0 Å². The van der Waals surface area contributed by atoms with E-state index in [1.807, 2.05) is 18.2 Å². The Kier molecular flexibility index (Phi) is 2.86. The van der Waals surface area contributed by atoms with Crippen LogP contribution in [-0.2, 0) is 0 Å². The average Bonchev–Trinajstić information content (AvgIpc) is 2.78. The van der Waals surface area contributed by atoms with Crippen LogP contribution in [-0.4, -0.2) is 16.3 Å². The van der Waals surface area contributed by atoms with Crippen molar-refractivity contribution in [2.45, 2.75) is 19.8 Å². The third kappa shape index (κ3) is 1.89. The molecule has 0 saturated heterocycles. The zero-order chi connectivity index (χ0) is 11.5. The van der Waals surface area contributed by atoms with Gasteiger partial charge in [-0.25, -0.2) is 4.98 Å². The molecule has 1 N–H and O–H groups in total. The molecule has 0 saturated carbocycles. The third-order valence-corrected chi connectivity index (χ3v) is 2.54. The van der Waals surface area contributed by atoms with Crippen molar-refractivity contribution < 1.29 is 4.79 Å². The molecule has 0 atom stereocenters. The van der Waals surface area contributed by atoms with Crippen molar-refractivity contribution in [1.29, 1.82) is 0 Å². The molecular formula is C13H14N2O. The highest BCUT2D eigenvalue weighted by Crippen LogP contribution is 2.26. The number of nitrogens with zero attached hydrogens (tertiary/aromatic N) is 1. The van der Waals surface area contributed by atoms with Gasteiger partial charge < -0.3 is 4.98 Å². The number of aromatic amines is 1. The lowest BCUT2D eigenvalue weighted by atomic mass is 10.0. The van der Waals surface area contributed by atoms with Crippen LogP contribution < -0.4 is 0 Å². The van der Waals surface area contributed by atoms with Gasteiger partial charge in [0.1, 0.15) is 6.29 Å².